The number of carbonyl (C=O) groups excluding carboxylic acids is 1. The molecule has 21 heavy (non-hydrogen) atoms. The summed E-state index contributed by atoms with van der Waals surface area (Å²) in [6, 6.07) is 11.5. The van der Waals surface area contributed by atoms with Crippen LogP contribution in [-0.2, 0) is 11.8 Å². The van der Waals surface area contributed by atoms with E-state index in [1.54, 1.807) is 18.2 Å². The highest BCUT2D eigenvalue weighted by atomic mass is 79.9. The summed E-state index contributed by atoms with van der Waals surface area (Å²) in [5, 5.41) is 0. The summed E-state index contributed by atoms with van der Waals surface area (Å²) in [7, 11) is 1.90. The summed E-state index contributed by atoms with van der Waals surface area (Å²) in [5.41, 5.74) is 1.06. The molecule has 0 unspecified atom stereocenters. The molecule has 0 saturated carbocycles. The van der Waals surface area contributed by atoms with E-state index in [2.05, 4.69) is 20.9 Å². The number of carbonyl (C=O) groups is 1. The molecule has 2 heterocycles. The van der Waals surface area contributed by atoms with Crippen LogP contribution in [0.5, 0.6) is 0 Å². The summed E-state index contributed by atoms with van der Waals surface area (Å²) < 4.78 is 8.93. The molecule has 4 nitrogen and oxygen atoms in total. The third kappa shape index (κ3) is 3.06. The molecule has 1 aromatic carbocycles. The number of thiazole rings is 1. The fourth-order valence-corrected chi connectivity index (χ4v) is 3.23. The predicted molar refractivity (Wildman–Crippen MR) is 86.8 cm³/mol. The first kappa shape index (κ1) is 14.0. The van der Waals surface area contributed by atoms with Crippen LogP contribution in [0.2, 0.25) is 0 Å². The minimum atomic E-state index is -0.315. The SMILES string of the molecule is Cn1c(=NC(=O)/C=C/c2ccc(Br)o2)sc2ccccc21. The molecule has 6 heteroatoms. The Balaban J connectivity index is 1.91. The molecular weight excluding hydrogens is 352 g/mol. The lowest BCUT2D eigenvalue weighted by Crippen LogP contribution is -2.12. The van der Waals surface area contributed by atoms with Crippen LogP contribution in [0.3, 0.4) is 0 Å². The predicted octanol–water partition coefficient (Wildman–Crippen LogP) is 3.74. The normalized spacial score (nSPS) is 12.6. The number of hydrogen-bond donors (Lipinski definition) is 0. The molecule has 0 spiro atoms. The van der Waals surface area contributed by atoms with E-state index in [0.717, 1.165) is 10.2 Å². The minimum Gasteiger partial charge on any atom is -0.450 e. The topological polar surface area (TPSA) is 47.5 Å². The Bertz CT molecular complexity index is 902. The lowest BCUT2D eigenvalue weighted by Gasteiger charge is -1.92. The van der Waals surface area contributed by atoms with Gasteiger partial charge in [-0.3, -0.25) is 4.79 Å². The van der Waals surface area contributed by atoms with Crippen molar-refractivity contribution in [2.24, 2.45) is 12.0 Å². The smallest absolute Gasteiger partial charge is 0.272 e. The van der Waals surface area contributed by atoms with Gasteiger partial charge >= 0.3 is 0 Å². The van der Waals surface area contributed by atoms with Crippen molar-refractivity contribution in [3.63, 3.8) is 0 Å². The van der Waals surface area contributed by atoms with E-state index >= 15 is 0 Å². The summed E-state index contributed by atoms with van der Waals surface area (Å²) in [6.07, 6.45) is 3.00. The molecule has 0 N–H and O–H groups in total. The van der Waals surface area contributed by atoms with Crippen LogP contribution in [0, 0.1) is 0 Å². The summed E-state index contributed by atoms with van der Waals surface area (Å²) in [6.45, 7) is 0. The van der Waals surface area contributed by atoms with Crippen LogP contribution >= 0.6 is 27.3 Å². The van der Waals surface area contributed by atoms with E-state index < -0.39 is 0 Å². The minimum absolute atomic E-state index is 0.315. The van der Waals surface area contributed by atoms with Gasteiger partial charge in [0.05, 0.1) is 10.2 Å². The van der Waals surface area contributed by atoms with Crippen molar-refractivity contribution in [2.75, 3.05) is 0 Å². The van der Waals surface area contributed by atoms with Crippen molar-refractivity contribution in [3.8, 4) is 0 Å². The van der Waals surface area contributed by atoms with Gasteiger partial charge in [-0.25, -0.2) is 0 Å². The van der Waals surface area contributed by atoms with Gasteiger partial charge in [0.15, 0.2) is 9.47 Å². The number of aryl methyl sites for hydroxylation is 1. The zero-order valence-electron chi connectivity index (χ0n) is 11.1. The number of halogens is 1. The maximum absolute atomic E-state index is 11.9. The Morgan fingerprint density at radius 3 is 2.86 bits per heavy atom. The van der Waals surface area contributed by atoms with E-state index in [9.17, 15) is 4.79 Å². The number of amides is 1. The maximum atomic E-state index is 11.9. The molecule has 2 aromatic heterocycles. The summed E-state index contributed by atoms with van der Waals surface area (Å²) >= 11 is 4.70. The summed E-state index contributed by atoms with van der Waals surface area (Å²) in [5.74, 6) is 0.288. The molecule has 0 bridgehead atoms. The lowest BCUT2D eigenvalue weighted by molar-refractivity contribution is -0.113. The Morgan fingerprint density at radius 2 is 2.14 bits per heavy atom. The Kier molecular flexibility index (Phi) is 3.90. The first-order chi connectivity index (χ1) is 10.1. The highest BCUT2D eigenvalue weighted by molar-refractivity contribution is 9.10. The fourth-order valence-electron chi connectivity index (χ4n) is 1.89. The van der Waals surface area contributed by atoms with Crippen LogP contribution < -0.4 is 4.80 Å². The Morgan fingerprint density at radius 1 is 1.33 bits per heavy atom. The average molecular weight is 363 g/mol. The third-order valence-electron chi connectivity index (χ3n) is 2.90. The number of benzene rings is 1. The first-order valence-corrected chi connectivity index (χ1v) is 7.81. The van der Waals surface area contributed by atoms with Gasteiger partial charge in [0.1, 0.15) is 5.76 Å². The summed E-state index contributed by atoms with van der Waals surface area (Å²) in [4.78, 5) is 16.7. The van der Waals surface area contributed by atoms with Crippen LogP contribution in [0.1, 0.15) is 5.76 Å². The molecule has 106 valence electrons. The third-order valence-corrected chi connectivity index (χ3v) is 4.44. The first-order valence-electron chi connectivity index (χ1n) is 6.20. The molecular formula is C15H11BrN2O2S. The maximum Gasteiger partial charge on any atom is 0.272 e. The van der Waals surface area contributed by atoms with Gasteiger partial charge in [-0.2, -0.15) is 4.99 Å². The van der Waals surface area contributed by atoms with Crippen LogP contribution in [0.4, 0.5) is 0 Å². The second-order valence-corrected chi connectivity index (χ2v) is 6.13. The van der Waals surface area contributed by atoms with Gasteiger partial charge < -0.3 is 8.98 Å². The van der Waals surface area contributed by atoms with Crippen molar-refractivity contribution in [3.05, 3.63) is 57.7 Å². The van der Waals surface area contributed by atoms with Crippen LogP contribution in [0.15, 0.2) is 56.6 Å². The number of rotatable bonds is 2. The number of nitrogens with zero attached hydrogens (tertiary/aromatic N) is 2. The molecule has 0 aliphatic rings. The van der Waals surface area contributed by atoms with Gasteiger partial charge in [-0.1, -0.05) is 23.5 Å². The molecule has 0 saturated heterocycles. The largest absolute Gasteiger partial charge is 0.450 e. The number of fused-ring (bicyclic) bond motifs is 1. The van der Waals surface area contributed by atoms with E-state index in [-0.39, 0.29) is 5.91 Å². The average Bonchev–Trinajstić information content (AvgIpc) is 3.02. The molecule has 0 aliphatic heterocycles. The number of para-hydroxylation sites is 1. The number of furan rings is 1. The van der Waals surface area contributed by atoms with Crippen molar-refractivity contribution in [2.45, 2.75) is 0 Å². The van der Waals surface area contributed by atoms with Crippen molar-refractivity contribution < 1.29 is 9.21 Å². The van der Waals surface area contributed by atoms with E-state index in [4.69, 9.17) is 4.42 Å². The van der Waals surface area contributed by atoms with Crippen molar-refractivity contribution in [1.29, 1.82) is 0 Å². The van der Waals surface area contributed by atoms with Gasteiger partial charge in [0, 0.05) is 13.1 Å². The van der Waals surface area contributed by atoms with Gasteiger partial charge in [-0.15, -0.1) is 0 Å². The molecule has 3 rings (SSSR count). The molecule has 0 atom stereocenters. The Hall–Kier alpha value is -1.92. The fraction of sp³-hybridized carbons (Fsp3) is 0.0667. The quantitative estimate of drug-likeness (QED) is 0.652. The van der Waals surface area contributed by atoms with Crippen LogP contribution in [-0.4, -0.2) is 10.5 Å². The standard InChI is InChI=1S/C15H11BrN2O2S/c1-18-11-4-2-3-5-12(11)21-15(18)17-14(19)9-7-10-6-8-13(16)20-10/h2-9H,1H3/b9-7+,17-15?. The number of aromatic nitrogens is 1. The highest BCUT2D eigenvalue weighted by Gasteiger charge is 2.03. The number of hydrogen-bond acceptors (Lipinski definition) is 3. The zero-order chi connectivity index (χ0) is 14.8. The second-order valence-electron chi connectivity index (χ2n) is 4.34. The van der Waals surface area contributed by atoms with E-state index in [0.29, 0.717) is 15.2 Å². The van der Waals surface area contributed by atoms with Gasteiger partial charge in [-0.05, 0) is 46.3 Å². The molecule has 0 fully saturated rings. The monoisotopic (exact) mass is 362 g/mol. The highest BCUT2D eigenvalue weighted by Crippen LogP contribution is 2.16. The molecule has 3 aromatic rings. The van der Waals surface area contributed by atoms with Crippen molar-refractivity contribution >= 4 is 49.5 Å². The molecule has 0 radical (unpaired) electrons. The van der Waals surface area contributed by atoms with Crippen molar-refractivity contribution in [1.82, 2.24) is 4.57 Å². The molecule has 0 aliphatic carbocycles. The Labute approximate surface area is 133 Å². The molecule has 1 amide bonds. The van der Waals surface area contributed by atoms with E-state index in [1.807, 2.05) is 35.9 Å². The lowest BCUT2D eigenvalue weighted by atomic mass is 10.3. The van der Waals surface area contributed by atoms with Crippen LogP contribution in [0.25, 0.3) is 16.3 Å². The van der Waals surface area contributed by atoms with Gasteiger partial charge in [0.2, 0.25) is 0 Å². The second kappa shape index (κ2) is 5.83. The van der Waals surface area contributed by atoms with E-state index in [1.165, 1.54) is 17.4 Å². The van der Waals surface area contributed by atoms with Gasteiger partial charge in [0.25, 0.3) is 5.91 Å². The zero-order valence-corrected chi connectivity index (χ0v) is 13.5.